The Hall–Kier alpha value is -1.75. The molecule has 5 nitrogen and oxygen atoms in total. The van der Waals surface area contributed by atoms with E-state index in [-0.39, 0.29) is 5.91 Å². The molecule has 1 amide bonds. The van der Waals surface area contributed by atoms with Crippen molar-refractivity contribution in [1.29, 1.82) is 0 Å². The van der Waals surface area contributed by atoms with Crippen LogP contribution in [0.4, 0.5) is 5.69 Å². The van der Waals surface area contributed by atoms with E-state index in [1.165, 1.54) is 0 Å². The predicted octanol–water partition coefficient (Wildman–Crippen LogP) is 1.82. The number of anilines is 1. The van der Waals surface area contributed by atoms with Gasteiger partial charge in [-0.1, -0.05) is 0 Å². The summed E-state index contributed by atoms with van der Waals surface area (Å²) in [6.07, 6.45) is 2.05. The normalized spacial score (nSPS) is 15.8. The fraction of sp³-hybridized carbons (Fsp3) is 0.533. The van der Waals surface area contributed by atoms with E-state index in [4.69, 9.17) is 15.2 Å². The average Bonchev–Trinajstić information content (AvgIpc) is 2.47. The molecule has 1 aliphatic rings. The summed E-state index contributed by atoms with van der Waals surface area (Å²) in [5, 5.41) is 2.74. The van der Waals surface area contributed by atoms with Gasteiger partial charge in [0, 0.05) is 25.3 Å². The number of nitrogens with two attached hydrogens (primary N) is 1. The van der Waals surface area contributed by atoms with Gasteiger partial charge in [-0.25, -0.2) is 0 Å². The van der Waals surface area contributed by atoms with Crippen molar-refractivity contribution in [3.05, 3.63) is 23.8 Å². The van der Waals surface area contributed by atoms with Crippen LogP contribution in [0.15, 0.2) is 18.2 Å². The van der Waals surface area contributed by atoms with Crippen molar-refractivity contribution in [2.75, 3.05) is 32.1 Å². The van der Waals surface area contributed by atoms with Crippen LogP contribution in [-0.2, 0) is 4.74 Å². The molecular formula is C15H22N2O3. The number of hydrogen-bond acceptors (Lipinski definition) is 4. The lowest BCUT2D eigenvalue weighted by Gasteiger charge is -2.22. The number of nitrogen functional groups attached to an aromatic ring is 1. The van der Waals surface area contributed by atoms with Crippen LogP contribution >= 0.6 is 0 Å². The molecule has 1 aromatic rings. The second kappa shape index (κ2) is 7.14. The molecule has 0 unspecified atom stereocenters. The van der Waals surface area contributed by atoms with Gasteiger partial charge in [-0.15, -0.1) is 0 Å². The highest BCUT2D eigenvalue weighted by Gasteiger charge is 2.15. The molecule has 5 heteroatoms. The minimum atomic E-state index is -0.116. The van der Waals surface area contributed by atoms with Crippen LogP contribution in [0.2, 0.25) is 0 Å². The fourth-order valence-electron chi connectivity index (χ4n) is 2.20. The van der Waals surface area contributed by atoms with Gasteiger partial charge in [0.05, 0.1) is 12.3 Å². The molecule has 0 bridgehead atoms. The molecule has 0 aromatic heterocycles. The lowest BCUT2D eigenvalue weighted by atomic mass is 10.0. The number of hydrogen-bond donors (Lipinski definition) is 2. The van der Waals surface area contributed by atoms with Crippen LogP contribution in [0.1, 0.15) is 30.1 Å². The zero-order valence-electron chi connectivity index (χ0n) is 11.9. The molecule has 2 rings (SSSR count). The number of carbonyl (C=O) groups is 1. The minimum absolute atomic E-state index is 0.116. The van der Waals surface area contributed by atoms with Crippen molar-refractivity contribution >= 4 is 11.6 Å². The Balaban J connectivity index is 1.93. The van der Waals surface area contributed by atoms with Gasteiger partial charge in [-0.3, -0.25) is 4.79 Å². The van der Waals surface area contributed by atoms with Crippen LogP contribution in [0.5, 0.6) is 5.75 Å². The first kappa shape index (κ1) is 14.7. The van der Waals surface area contributed by atoms with E-state index < -0.39 is 0 Å². The minimum Gasteiger partial charge on any atom is -0.491 e. The summed E-state index contributed by atoms with van der Waals surface area (Å²) in [5.41, 5.74) is 7.00. The molecule has 1 heterocycles. The number of ether oxygens (including phenoxy) is 2. The summed E-state index contributed by atoms with van der Waals surface area (Å²) in [6, 6.07) is 5.16. The Morgan fingerprint density at radius 1 is 1.45 bits per heavy atom. The summed E-state index contributed by atoms with van der Waals surface area (Å²) in [7, 11) is 0. The lowest BCUT2D eigenvalue weighted by Crippen LogP contribution is -2.23. The first-order valence-corrected chi connectivity index (χ1v) is 7.09. The maximum atomic E-state index is 11.7. The molecule has 1 saturated heterocycles. The predicted molar refractivity (Wildman–Crippen MR) is 77.9 cm³/mol. The molecule has 0 spiro atoms. The fourth-order valence-corrected chi connectivity index (χ4v) is 2.20. The Morgan fingerprint density at radius 2 is 2.20 bits per heavy atom. The van der Waals surface area contributed by atoms with Crippen LogP contribution in [0.3, 0.4) is 0 Å². The van der Waals surface area contributed by atoms with E-state index in [2.05, 4.69) is 5.32 Å². The van der Waals surface area contributed by atoms with Crippen molar-refractivity contribution < 1.29 is 14.3 Å². The maximum absolute atomic E-state index is 11.7. The van der Waals surface area contributed by atoms with Gasteiger partial charge in [-0.05, 0) is 43.9 Å². The third kappa shape index (κ3) is 3.87. The molecule has 0 aliphatic carbocycles. The standard InChI is InChI=1S/C15H22N2O3/c1-2-17-15(18)12-3-4-14(13(16)9-12)20-10-11-5-7-19-8-6-11/h3-4,9,11H,2,5-8,10,16H2,1H3,(H,17,18). The molecule has 1 aliphatic heterocycles. The monoisotopic (exact) mass is 278 g/mol. The van der Waals surface area contributed by atoms with Gasteiger partial charge in [-0.2, -0.15) is 0 Å². The Morgan fingerprint density at radius 3 is 2.85 bits per heavy atom. The average molecular weight is 278 g/mol. The van der Waals surface area contributed by atoms with Gasteiger partial charge in [0.2, 0.25) is 0 Å². The van der Waals surface area contributed by atoms with E-state index in [9.17, 15) is 4.79 Å². The van der Waals surface area contributed by atoms with E-state index >= 15 is 0 Å². The molecule has 110 valence electrons. The van der Waals surface area contributed by atoms with Crippen LogP contribution in [0.25, 0.3) is 0 Å². The SMILES string of the molecule is CCNC(=O)c1ccc(OCC2CCOCC2)c(N)c1. The van der Waals surface area contributed by atoms with Crippen molar-refractivity contribution in [2.24, 2.45) is 5.92 Å². The third-order valence-electron chi connectivity index (χ3n) is 3.42. The van der Waals surface area contributed by atoms with Gasteiger partial charge in [0.15, 0.2) is 0 Å². The highest BCUT2D eigenvalue weighted by Crippen LogP contribution is 2.24. The smallest absolute Gasteiger partial charge is 0.251 e. The van der Waals surface area contributed by atoms with Crippen molar-refractivity contribution in [3.63, 3.8) is 0 Å². The zero-order chi connectivity index (χ0) is 14.4. The molecule has 0 atom stereocenters. The molecular weight excluding hydrogens is 256 g/mol. The highest BCUT2D eigenvalue weighted by atomic mass is 16.5. The first-order valence-electron chi connectivity index (χ1n) is 7.09. The van der Waals surface area contributed by atoms with Gasteiger partial charge >= 0.3 is 0 Å². The molecule has 3 N–H and O–H groups in total. The van der Waals surface area contributed by atoms with Crippen LogP contribution < -0.4 is 15.8 Å². The summed E-state index contributed by atoms with van der Waals surface area (Å²) < 4.78 is 11.1. The third-order valence-corrected chi connectivity index (χ3v) is 3.42. The molecule has 0 radical (unpaired) electrons. The number of benzene rings is 1. The summed E-state index contributed by atoms with van der Waals surface area (Å²) in [6.45, 7) is 4.74. The van der Waals surface area contributed by atoms with Crippen LogP contribution in [0, 0.1) is 5.92 Å². The topological polar surface area (TPSA) is 73.6 Å². The molecule has 1 aromatic carbocycles. The number of nitrogens with one attached hydrogen (secondary N) is 1. The maximum Gasteiger partial charge on any atom is 0.251 e. The number of rotatable bonds is 5. The number of carbonyl (C=O) groups excluding carboxylic acids is 1. The van der Waals surface area contributed by atoms with Crippen molar-refractivity contribution in [1.82, 2.24) is 5.32 Å². The second-order valence-corrected chi connectivity index (χ2v) is 4.98. The van der Waals surface area contributed by atoms with E-state index in [1.807, 2.05) is 6.92 Å². The summed E-state index contributed by atoms with van der Waals surface area (Å²) in [5.74, 6) is 1.05. The van der Waals surface area contributed by atoms with Gasteiger partial charge in [0.1, 0.15) is 5.75 Å². The first-order chi connectivity index (χ1) is 9.70. The van der Waals surface area contributed by atoms with Crippen molar-refractivity contribution in [2.45, 2.75) is 19.8 Å². The zero-order valence-corrected chi connectivity index (χ0v) is 11.9. The Kier molecular flexibility index (Phi) is 5.24. The summed E-state index contributed by atoms with van der Waals surface area (Å²) >= 11 is 0. The Bertz CT molecular complexity index is 456. The Labute approximate surface area is 119 Å². The van der Waals surface area contributed by atoms with Crippen LogP contribution in [-0.4, -0.2) is 32.3 Å². The highest BCUT2D eigenvalue weighted by molar-refractivity contribution is 5.95. The molecule has 20 heavy (non-hydrogen) atoms. The van der Waals surface area contributed by atoms with Gasteiger partial charge in [0.25, 0.3) is 5.91 Å². The molecule has 0 saturated carbocycles. The van der Waals surface area contributed by atoms with Gasteiger partial charge < -0.3 is 20.5 Å². The second-order valence-electron chi connectivity index (χ2n) is 4.98. The lowest BCUT2D eigenvalue weighted by molar-refractivity contribution is 0.0499. The summed E-state index contributed by atoms with van der Waals surface area (Å²) in [4.78, 5) is 11.7. The van der Waals surface area contributed by atoms with E-state index in [0.717, 1.165) is 26.1 Å². The quantitative estimate of drug-likeness (QED) is 0.806. The number of amides is 1. The largest absolute Gasteiger partial charge is 0.491 e. The molecule has 1 fully saturated rings. The van der Waals surface area contributed by atoms with Crippen molar-refractivity contribution in [3.8, 4) is 5.75 Å². The van der Waals surface area contributed by atoms with E-state index in [0.29, 0.717) is 36.1 Å². The van der Waals surface area contributed by atoms with E-state index in [1.54, 1.807) is 18.2 Å².